The van der Waals surface area contributed by atoms with E-state index in [1.54, 1.807) is 18.3 Å². The summed E-state index contributed by atoms with van der Waals surface area (Å²) in [6, 6.07) is 16.6. The molecule has 2 heterocycles. The molecule has 0 aliphatic carbocycles. The van der Waals surface area contributed by atoms with Crippen LogP contribution in [0.5, 0.6) is 11.6 Å². The van der Waals surface area contributed by atoms with Crippen LogP contribution in [-0.4, -0.2) is 57.9 Å². The van der Waals surface area contributed by atoms with Gasteiger partial charge < -0.3 is 20.3 Å². The van der Waals surface area contributed by atoms with Gasteiger partial charge in [0.2, 0.25) is 11.8 Å². The van der Waals surface area contributed by atoms with Gasteiger partial charge in [0.15, 0.2) is 11.6 Å². The number of carbonyl (C=O) groups is 1. The molecule has 4 aromatic rings. The Balaban J connectivity index is 1.63. The van der Waals surface area contributed by atoms with Gasteiger partial charge in [0.25, 0.3) is 5.91 Å². The van der Waals surface area contributed by atoms with Crippen molar-refractivity contribution in [2.24, 2.45) is 0 Å². The molecule has 208 valence electrons. The van der Waals surface area contributed by atoms with Gasteiger partial charge in [0, 0.05) is 23.9 Å². The lowest BCUT2D eigenvalue weighted by molar-refractivity contribution is 0.102. The number of hydrogen-bond donors (Lipinski definition) is 2. The molecule has 2 aromatic carbocycles. The third-order valence-corrected chi connectivity index (χ3v) is 6.37. The van der Waals surface area contributed by atoms with E-state index in [0.29, 0.717) is 40.2 Å². The second-order valence-corrected chi connectivity index (χ2v) is 10.2. The molecule has 2 N–H and O–H groups in total. The van der Waals surface area contributed by atoms with E-state index in [4.69, 9.17) is 4.74 Å². The van der Waals surface area contributed by atoms with Crippen LogP contribution in [0, 0.1) is 6.92 Å². The Morgan fingerprint density at radius 2 is 1.77 bits per heavy atom. The van der Waals surface area contributed by atoms with Crippen LogP contribution in [0.4, 0.5) is 11.6 Å². The molecule has 9 nitrogen and oxygen atoms in total. The van der Waals surface area contributed by atoms with E-state index in [9.17, 15) is 4.79 Å². The monoisotopic (exact) mass is 539 g/mol. The molecule has 0 unspecified atom stereocenters. The lowest BCUT2D eigenvalue weighted by Gasteiger charge is -2.21. The summed E-state index contributed by atoms with van der Waals surface area (Å²) in [5.74, 6) is 1.75. The van der Waals surface area contributed by atoms with Crippen molar-refractivity contribution >= 4 is 17.5 Å². The second-order valence-electron chi connectivity index (χ2n) is 10.2. The van der Waals surface area contributed by atoms with Crippen LogP contribution in [0.2, 0.25) is 0 Å². The number of amides is 1. The van der Waals surface area contributed by atoms with E-state index in [2.05, 4.69) is 63.4 Å². The van der Waals surface area contributed by atoms with Crippen molar-refractivity contribution in [1.29, 1.82) is 0 Å². The highest BCUT2D eigenvalue weighted by atomic mass is 16.5. The minimum Gasteiger partial charge on any atom is -0.436 e. The number of pyridine rings is 1. The van der Waals surface area contributed by atoms with E-state index in [1.165, 1.54) is 6.33 Å². The third kappa shape index (κ3) is 7.39. The smallest absolute Gasteiger partial charge is 0.255 e. The molecular formula is C31H37N7O2. The molecule has 0 aliphatic rings. The molecule has 4 rings (SSSR count). The lowest BCUT2D eigenvalue weighted by atomic mass is 9.95. The highest BCUT2D eigenvalue weighted by Gasteiger charge is 2.21. The third-order valence-electron chi connectivity index (χ3n) is 6.37. The summed E-state index contributed by atoms with van der Waals surface area (Å²) < 4.78 is 6.53. The number of rotatable bonds is 12. The van der Waals surface area contributed by atoms with E-state index in [-0.39, 0.29) is 11.8 Å². The van der Waals surface area contributed by atoms with Gasteiger partial charge in [0.05, 0.1) is 11.3 Å². The largest absolute Gasteiger partial charge is 0.436 e. The molecule has 9 heteroatoms. The van der Waals surface area contributed by atoms with Crippen molar-refractivity contribution in [2.45, 2.75) is 39.5 Å². The van der Waals surface area contributed by atoms with Crippen LogP contribution in [0.25, 0.3) is 11.4 Å². The molecule has 40 heavy (non-hydrogen) atoms. The number of aryl methyl sites for hydroxylation is 1. The number of nitrogens with one attached hydrogen (secondary N) is 2. The average molecular weight is 540 g/mol. The molecule has 0 saturated heterocycles. The Labute approximate surface area is 236 Å². The van der Waals surface area contributed by atoms with Crippen molar-refractivity contribution in [3.63, 3.8) is 0 Å². The fraction of sp³-hybridized carbons (Fsp3) is 0.323. The van der Waals surface area contributed by atoms with Crippen molar-refractivity contribution < 1.29 is 9.53 Å². The SMILES string of the molecule is Cc1ccc(NC(=O)c2ccccc2)c(Oc2ncccc2-c2ncnc(NCCCCN(C)C)n2)c1C(C)C. The minimum absolute atomic E-state index is 0.135. The first kappa shape index (κ1) is 28.6. The molecule has 0 atom stereocenters. The summed E-state index contributed by atoms with van der Waals surface area (Å²) in [5.41, 5.74) is 3.79. The summed E-state index contributed by atoms with van der Waals surface area (Å²) in [6.45, 7) is 8.03. The van der Waals surface area contributed by atoms with Gasteiger partial charge in [-0.05, 0) is 82.2 Å². The van der Waals surface area contributed by atoms with E-state index < -0.39 is 0 Å². The normalized spacial score (nSPS) is 11.1. The zero-order chi connectivity index (χ0) is 28.5. The molecule has 2 aromatic heterocycles. The number of hydrogen-bond acceptors (Lipinski definition) is 8. The van der Waals surface area contributed by atoms with E-state index >= 15 is 0 Å². The predicted molar refractivity (Wildman–Crippen MR) is 159 cm³/mol. The molecule has 1 amide bonds. The lowest BCUT2D eigenvalue weighted by Crippen LogP contribution is -2.14. The molecule has 0 aliphatic heterocycles. The van der Waals surface area contributed by atoms with Crippen LogP contribution in [0.1, 0.15) is 54.1 Å². The van der Waals surface area contributed by atoms with Crippen molar-refractivity contribution in [2.75, 3.05) is 37.8 Å². The summed E-state index contributed by atoms with van der Waals surface area (Å²) in [5, 5.41) is 6.32. The number of ether oxygens (including phenoxy) is 1. The Kier molecular flexibility index (Phi) is 9.75. The van der Waals surface area contributed by atoms with E-state index in [1.807, 2.05) is 49.4 Å². The Hall–Kier alpha value is -4.37. The first-order chi connectivity index (χ1) is 19.3. The molecule has 0 spiro atoms. The van der Waals surface area contributed by atoms with Crippen LogP contribution >= 0.6 is 0 Å². The summed E-state index contributed by atoms with van der Waals surface area (Å²) >= 11 is 0. The van der Waals surface area contributed by atoms with Gasteiger partial charge in [-0.1, -0.05) is 38.1 Å². The maximum Gasteiger partial charge on any atom is 0.255 e. The molecule has 0 fully saturated rings. The summed E-state index contributed by atoms with van der Waals surface area (Å²) in [7, 11) is 4.14. The van der Waals surface area contributed by atoms with Crippen LogP contribution in [-0.2, 0) is 0 Å². The number of carbonyl (C=O) groups excluding carboxylic acids is 1. The molecule has 0 bridgehead atoms. The van der Waals surface area contributed by atoms with Crippen LogP contribution < -0.4 is 15.4 Å². The topological polar surface area (TPSA) is 105 Å². The average Bonchev–Trinajstić information content (AvgIpc) is 2.95. The van der Waals surface area contributed by atoms with Gasteiger partial charge >= 0.3 is 0 Å². The Morgan fingerprint density at radius 1 is 0.975 bits per heavy atom. The quantitative estimate of drug-likeness (QED) is 0.206. The van der Waals surface area contributed by atoms with Gasteiger partial charge in [-0.15, -0.1) is 0 Å². The van der Waals surface area contributed by atoms with Crippen molar-refractivity contribution in [1.82, 2.24) is 24.8 Å². The van der Waals surface area contributed by atoms with Crippen molar-refractivity contribution in [3.05, 3.63) is 83.8 Å². The molecule has 0 saturated carbocycles. The zero-order valence-electron chi connectivity index (χ0n) is 23.8. The first-order valence-corrected chi connectivity index (χ1v) is 13.5. The summed E-state index contributed by atoms with van der Waals surface area (Å²) in [6.07, 6.45) is 5.23. The first-order valence-electron chi connectivity index (χ1n) is 13.5. The van der Waals surface area contributed by atoms with Gasteiger partial charge in [0.1, 0.15) is 6.33 Å². The second kappa shape index (κ2) is 13.6. The van der Waals surface area contributed by atoms with Gasteiger partial charge in [-0.25, -0.2) is 15.0 Å². The zero-order valence-corrected chi connectivity index (χ0v) is 23.8. The van der Waals surface area contributed by atoms with E-state index in [0.717, 1.165) is 37.1 Å². The predicted octanol–water partition coefficient (Wildman–Crippen LogP) is 6.16. The Morgan fingerprint density at radius 3 is 2.52 bits per heavy atom. The van der Waals surface area contributed by atoms with Gasteiger partial charge in [-0.3, -0.25) is 4.79 Å². The summed E-state index contributed by atoms with van der Waals surface area (Å²) in [4.78, 5) is 33.1. The minimum atomic E-state index is -0.219. The maximum atomic E-state index is 13.1. The fourth-order valence-electron chi connectivity index (χ4n) is 4.41. The number of aromatic nitrogens is 4. The van der Waals surface area contributed by atoms with Gasteiger partial charge in [-0.2, -0.15) is 4.98 Å². The highest BCUT2D eigenvalue weighted by molar-refractivity contribution is 6.05. The number of unbranched alkanes of at least 4 members (excludes halogenated alkanes) is 1. The molecular weight excluding hydrogens is 502 g/mol. The standard InChI is InChI=1S/C31H37N7O2/c1-21(2)26-22(3)15-16-25(36-29(39)23-12-7-6-8-13-23)27(26)40-30-24(14-11-18-32-30)28-34-20-35-31(37-28)33-17-9-10-19-38(4)5/h6-8,11-16,18,20-21H,9-10,17,19H2,1-5H3,(H,36,39)(H,33,34,35,37). The van der Waals surface area contributed by atoms with Crippen LogP contribution in [0.3, 0.4) is 0 Å². The van der Waals surface area contributed by atoms with Crippen LogP contribution in [0.15, 0.2) is 67.1 Å². The fourth-order valence-corrected chi connectivity index (χ4v) is 4.41. The number of benzene rings is 2. The number of nitrogens with zero attached hydrogens (tertiary/aromatic N) is 5. The highest BCUT2D eigenvalue weighted by Crippen LogP contribution is 2.41. The number of anilines is 2. The molecule has 0 radical (unpaired) electrons. The van der Waals surface area contributed by atoms with Crippen molar-refractivity contribution in [3.8, 4) is 23.0 Å². The maximum absolute atomic E-state index is 13.1. The Bertz CT molecular complexity index is 1420.